The highest BCUT2D eigenvalue weighted by atomic mass is 35.5. The molecule has 4 rings (SSSR count). The first-order chi connectivity index (χ1) is 14.9. The third kappa shape index (κ3) is 4.31. The first kappa shape index (κ1) is 21.4. The van der Waals surface area contributed by atoms with E-state index >= 15 is 0 Å². The molecule has 0 unspecified atom stereocenters. The number of carbonyl (C=O) groups is 1. The first-order valence-electron chi connectivity index (χ1n) is 10.00. The van der Waals surface area contributed by atoms with E-state index in [1.807, 2.05) is 69.3 Å². The Balaban J connectivity index is 1.63. The number of thioether (sulfide) groups is 1. The first-order valence-corrected chi connectivity index (χ1v) is 11.4. The Hall–Kier alpha value is -2.83. The lowest BCUT2D eigenvalue weighted by Crippen LogP contribution is -2.23. The molecule has 0 saturated carbocycles. The number of amides is 1. The van der Waals surface area contributed by atoms with Gasteiger partial charge in [-0.05, 0) is 60.9 Å². The van der Waals surface area contributed by atoms with Gasteiger partial charge in [-0.25, -0.2) is 4.98 Å². The molecule has 0 aliphatic carbocycles. The molecule has 0 fully saturated rings. The monoisotopic (exact) mass is 451 g/mol. The number of aryl methyl sites for hydroxylation is 2. The molecule has 1 aromatic heterocycles. The van der Waals surface area contributed by atoms with Crippen LogP contribution in [0.3, 0.4) is 0 Å². The van der Waals surface area contributed by atoms with E-state index in [0.717, 1.165) is 21.9 Å². The van der Waals surface area contributed by atoms with Crippen molar-refractivity contribution in [1.29, 1.82) is 0 Å². The fourth-order valence-corrected chi connectivity index (χ4v) is 4.89. The van der Waals surface area contributed by atoms with E-state index in [1.54, 1.807) is 4.57 Å². The minimum atomic E-state index is -0.200. The fourth-order valence-electron chi connectivity index (χ4n) is 3.66. The highest BCUT2D eigenvalue weighted by molar-refractivity contribution is 7.99. The van der Waals surface area contributed by atoms with Gasteiger partial charge in [0.15, 0.2) is 5.16 Å². The SMILES string of the molecule is CCn1c(SCC(=O)Nc2c(C)cc(C)cc2Cl)nc2cc3ccccc3cc2c1=O. The predicted octanol–water partition coefficient (Wildman–Crippen LogP) is 5.57. The number of hydrogen-bond donors (Lipinski definition) is 1. The van der Waals surface area contributed by atoms with Gasteiger partial charge in [-0.3, -0.25) is 14.2 Å². The van der Waals surface area contributed by atoms with Crippen LogP contribution in [0.1, 0.15) is 18.1 Å². The summed E-state index contributed by atoms with van der Waals surface area (Å²) in [5.41, 5.74) is 3.09. The van der Waals surface area contributed by atoms with E-state index in [1.165, 1.54) is 11.8 Å². The van der Waals surface area contributed by atoms with Gasteiger partial charge in [-0.1, -0.05) is 53.7 Å². The van der Waals surface area contributed by atoms with E-state index in [2.05, 4.69) is 5.32 Å². The van der Waals surface area contributed by atoms with Crippen LogP contribution in [0.25, 0.3) is 21.7 Å². The second kappa shape index (κ2) is 8.73. The van der Waals surface area contributed by atoms with Gasteiger partial charge in [0.05, 0.1) is 27.4 Å². The second-order valence-corrected chi connectivity index (χ2v) is 8.79. The summed E-state index contributed by atoms with van der Waals surface area (Å²) in [4.78, 5) is 30.4. The van der Waals surface area contributed by atoms with Gasteiger partial charge < -0.3 is 5.32 Å². The molecule has 1 amide bonds. The van der Waals surface area contributed by atoms with Crippen molar-refractivity contribution >= 4 is 56.6 Å². The number of carbonyl (C=O) groups excluding carboxylic acids is 1. The van der Waals surface area contributed by atoms with E-state index in [9.17, 15) is 9.59 Å². The van der Waals surface area contributed by atoms with Crippen LogP contribution in [0.2, 0.25) is 5.02 Å². The summed E-state index contributed by atoms with van der Waals surface area (Å²) in [6, 6.07) is 15.5. The maximum atomic E-state index is 13.1. The molecule has 0 bridgehead atoms. The summed E-state index contributed by atoms with van der Waals surface area (Å²) in [7, 11) is 0. The normalized spacial score (nSPS) is 11.2. The molecule has 31 heavy (non-hydrogen) atoms. The maximum Gasteiger partial charge on any atom is 0.262 e. The zero-order valence-corrected chi connectivity index (χ0v) is 19.1. The molecule has 0 atom stereocenters. The quantitative estimate of drug-likeness (QED) is 0.245. The van der Waals surface area contributed by atoms with Crippen molar-refractivity contribution < 1.29 is 4.79 Å². The van der Waals surface area contributed by atoms with Crippen LogP contribution in [0.15, 0.2) is 58.5 Å². The zero-order chi connectivity index (χ0) is 22.1. The Labute approximate surface area is 189 Å². The molecule has 1 N–H and O–H groups in total. The van der Waals surface area contributed by atoms with Gasteiger partial charge in [0.25, 0.3) is 5.56 Å². The Bertz CT molecular complexity index is 1360. The number of nitrogens with one attached hydrogen (secondary N) is 1. The molecular weight excluding hydrogens is 430 g/mol. The Morgan fingerprint density at radius 1 is 1.13 bits per heavy atom. The third-order valence-electron chi connectivity index (χ3n) is 5.13. The van der Waals surface area contributed by atoms with E-state index in [4.69, 9.17) is 16.6 Å². The van der Waals surface area contributed by atoms with Crippen LogP contribution in [-0.4, -0.2) is 21.2 Å². The average Bonchev–Trinajstić information content (AvgIpc) is 2.74. The molecule has 7 heteroatoms. The molecule has 5 nitrogen and oxygen atoms in total. The summed E-state index contributed by atoms with van der Waals surface area (Å²) in [5, 5.41) is 6.52. The van der Waals surface area contributed by atoms with E-state index in [0.29, 0.717) is 33.3 Å². The summed E-state index contributed by atoms with van der Waals surface area (Å²) in [6.07, 6.45) is 0. The number of fused-ring (bicyclic) bond motifs is 2. The van der Waals surface area contributed by atoms with Crippen molar-refractivity contribution in [2.75, 3.05) is 11.1 Å². The van der Waals surface area contributed by atoms with Gasteiger partial charge in [0.2, 0.25) is 5.91 Å². The molecule has 4 aromatic rings. The highest BCUT2D eigenvalue weighted by Gasteiger charge is 2.15. The molecule has 0 spiro atoms. The maximum absolute atomic E-state index is 13.1. The van der Waals surface area contributed by atoms with E-state index in [-0.39, 0.29) is 17.2 Å². The highest BCUT2D eigenvalue weighted by Crippen LogP contribution is 2.28. The topological polar surface area (TPSA) is 64.0 Å². The van der Waals surface area contributed by atoms with Crippen LogP contribution in [0.5, 0.6) is 0 Å². The van der Waals surface area contributed by atoms with Crippen LogP contribution in [0.4, 0.5) is 5.69 Å². The molecule has 3 aromatic carbocycles. The number of anilines is 1. The van der Waals surface area contributed by atoms with Crippen LogP contribution >= 0.6 is 23.4 Å². The van der Waals surface area contributed by atoms with Gasteiger partial charge in [-0.15, -0.1) is 0 Å². The van der Waals surface area contributed by atoms with Crippen molar-refractivity contribution in [3.8, 4) is 0 Å². The summed E-state index contributed by atoms with van der Waals surface area (Å²) in [6.45, 7) is 6.24. The number of rotatable bonds is 5. The van der Waals surface area contributed by atoms with Crippen molar-refractivity contribution in [1.82, 2.24) is 9.55 Å². The van der Waals surface area contributed by atoms with Crippen LogP contribution in [-0.2, 0) is 11.3 Å². The van der Waals surface area contributed by atoms with Crippen molar-refractivity contribution in [3.05, 3.63) is 75.0 Å². The van der Waals surface area contributed by atoms with Crippen LogP contribution < -0.4 is 10.9 Å². The predicted molar refractivity (Wildman–Crippen MR) is 129 cm³/mol. The molecule has 0 aliphatic heterocycles. The van der Waals surface area contributed by atoms with Crippen LogP contribution in [0, 0.1) is 13.8 Å². The number of aromatic nitrogens is 2. The Kier molecular flexibility index (Phi) is 6.03. The van der Waals surface area contributed by atoms with Gasteiger partial charge >= 0.3 is 0 Å². The van der Waals surface area contributed by atoms with Crippen molar-refractivity contribution in [3.63, 3.8) is 0 Å². The molecule has 1 heterocycles. The van der Waals surface area contributed by atoms with Gasteiger partial charge in [0.1, 0.15) is 0 Å². The number of benzene rings is 3. The fraction of sp³-hybridized carbons (Fsp3) is 0.208. The molecule has 158 valence electrons. The third-order valence-corrected chi connectivity index (χ3v) is 6.41. The lowest BCUT2D eigenvalue weighted by Gasteiger charge is -2.13. The zero-order valence-electron chi connectivity index (χ0n) is 17.5. The number of hydrogen-bond acceptors (Lipinski definition) is 4. The summed E-state index contributed by atoms with van der Waals surface area (Å²) < 4.78 is 1.61. The molecular formula is C24H22ClN3O2S. The number of halogens is 1. The van der Waals surface area contributed by atoms with E-state index < -0.39 is 0 Å². The average molecular weight is 452 g/mol. The molecule has 0 radical (unpaired) electrons. The summed E-state index contributed by atoms with van der Waals surface area (Å²) in [5.74, 6) is -0.0795. The lowest BCUT2D eigenvalue weighted by atomic mass is 10.1. The van der Waals surface area contributed by atoms with Crippen molar-refractivity contribution in [2.24, 2.45) is 0 Å². The van der Waals surface area contributed by atoms with Gasteiger partial charge in [0, 0.05) is 6.54 Å². The Morgan fingerprint density at radius 2 is 1.84 bits per heavy atom. The minimum absolute atomic E-state index is 0.0985. The second-order valence-electron chi connectivity index (χ2n) is 7.44. The molecule has 0 saturated heterocycles. The standard InChI is InChI=1S/C24H22ClN3O2S/c1-4-28-23(30)18-11-16-7-5-6-8-17(16)12-20(18)26-24(28)31-13-21(29)27-22-15(3)9-14(2)10-19(22)25/h5-12H,4,13H2,1-3H3,(H,27,29). The largest absolute Gasteiger partial charge is 0.324 e. The summed E-state index contributed by atoms with van der Waals surface area (Å²) >= 11 is 7.54. The van der Waals surface area contributed by atoms with Gasteiger partial charge in [-0.2, -0.15) is 0 Å². The molecule has 0 aliphatic rings. The smallest absolute Gasteiger partial charge is 0.262 e. The minimum Gasteiger partial charge on any atom is -0.324 e. The van der Waals surface area contributed by atoms with Crippen molar-refractivity contribution in [2.45, 2.75) is 32.5 Å². The Morgan fingerprint density at radius 3 is 2.52 bits per heavy atom. The lowest BCUT2D eigenvalue weighted by molar-refractivity contribution is -0.113. The number of nitrogens with zero attached hydrogens (tertiary/aromatic N) is 2.